The number of rotatable bonds is 6. The molecule has 3 amide bonds. The molecular formula is C24H34FN3O3. The molecule has 0 aliphatic carbocycles. The van der Waals surface area contributed by atoms with Gasteiger partial charge >= 0.3 is 0 Å². The third-order valence-electron chi connectivity index (χ3n) is 6.21. The molecule has 1 aromatic carbocycles. The summed E-state index contributed by atoms with van der Waals surface area (Å²) in [6.45, 7) is 6.43. The van der Waals surface area contributed by atoms with Crippen molar-refractivity contribution in [2.24, 2.45) is 11.8 Å². The molecule has 2 aliphatic rings. The second kappa shape index (κ2) is 10.7. The van der Waals surface area contributed by atoms with E-state index in [0.717, 1.165) is 32.4 Å². The zero-order valence-corrected chi connectivity index (χ0v) is 18.6. The molecule has 0 bridgehead atoms. The number of carbonyl (C=O) groups excluding carboxylic acids is 3. The summed E-state index contributed by atoms with van der Waals surface area (Å²) < 4.78 is 13.5. The Morgan fingerprint density at radius 3 is 2.32 bits per heavy atom. The molecule has 2 fully saturated rings. The van der Waals surface area contributed by atoms with Crippen molar-refractivity contribution < 1.29 is 18.8 Å². The Kier molecular flexibility index (Phi) is 8.04. The first-order chi connectivity index (χ1) is 14.8. The molecule has 0 saturated carbocycles. The van der Waals surface area contributed by atoms with Crippen molar-refractivity contribution in [2.45, 2.75) is 58.4 Å². The maximum atomic E-state index is 13.5. The second-order valence-electron chi connectivity index (χ2n) is 9.17. The normalized spacial score (nSPS) is 18.7. The number of hydrogen-bond donors (Lipinski definition) is 1. The number of benzene rings is 1. The average Bonchev–Trinajstić information content (AvgIpc) is 2.77. The number of hydrogen-bond acceptors (Lipinski definition) is 3. The molecular weight excluding hydrogens is 397 g/mol. The number of nitrogens with zero attached hydrogens (tertiary/aromatic N) is 2. The molecule has 7 heteroatoms. The minimum atomic E-state index is -0.546. The van der Waals surface area contributed by atoms with Crippen LogP contribution in [0.2, 0.25) is 0 Å². The van der Waals surface area contributed by atoms with Gasteiger partial charge in [-0.25, -0.2) is 4.39 Å². The van der Waals surface area contributed by atoms with Crippen molar-refractivity contribution in [1.29, 1.82) is 0 Å². The third kappa shape index (κ3) is 6.28. The number of halogens is 1. The highest BCUT2D eigenvalue weighted by molar-refractivity contribution is 5.94. The van der Waals surface area contributed by atoms with Crippen LogP contribution < -0.4 is 5.32 Å². The van der Waals surface area contributed by atoms with E-state index in [4.69, 9.17) is 0 Å². The summed E-state index contributed by atoms with van der Waals surface area (Å²) in [6.07, 6.45) is 4.79. The molecule has 0 unspecified atom stereocenters. The van der Waals surface area contributed by atoms with Crippen molar-refractivity contribution in [3.05, 3.63) is 35.6 Å². The number of likely N-dealkylation sites (tertiary alicyclic amines) is 2. The largest absolute Gasteiger partial charge is 0.344 e. The van der Waals surface area contributed by atoms with Crippen LogP contribution in [0.5, 0.6) is 0 Å². The predicted octanol–water partition coefficient (Wildman–Crippen LogP) is 3.22. The minimum absolute atomic E-state index is 0.00622. The van der Waals surface area contributed by atoms with Gasteiger partial charge in [0, 0.05) is 38.2 Å². The Morgan fingerprint density at radius 2 is 1.71 bits per heavy atom. The van der Waals surface area contributed by atoms with Crippen LogP contribution in [0, 0.1) is 17.7 Å². The fraction of sp³-hybridized carbons (Fsp3) is 0.625. The van der Waals surface area contributed by atoms with Crippen LogP contribution in [-0.4, -0.2) is 59.7 Å². The fourth-order valence-corrected chi connectivity index (χ4v) is 4.54. The van der Waals surface area contributed by atoms with Gasteiger partial charge in [-0.15, -0.1) is 0 Å². The molecule has 0 radical (unpaired) electrons. The topological polar surface area (TPSA) is 69.7 Å². The van der Waals surface area contributed by atoms with E-state index in [1.807, 2.05) is 18.7 Å². The molecule has 6 nitrogen and oxygen atoms in total. The van der Waals surface area contributed by atoms with Crippen LogP contribution >= 0.6 is 0 Å². The monoisotopic (exact) mass is 431 g/mol. The Hall–Kier alpha value is -2.44. The molecule has 0 aromatic heterocycles. The van der Waals surface area contributed by atoms with E-state index < -0.39 is 11.9 Å². The number of nitrogens with one attached hydrogen (secondary N) is 1. The highest BCUT2D eigenvalue weighted by Crippen LogP contribution is 2.25. The lowest BCUT2D eigenvalue weighted by Crippen LogP contribution is -2.55. The zero-order chi connectivity index (χ0) is 22.4. The van der Waals surface area contributed by atoms with Crippen LogP contribution in [0.3, 0.4) is 0 Å². The molecule has 2 aliphatic heterocycles. The van der Waals surface area contributed by atoms with Gasteiger partial charge in [0.25, 0.3) is 5.91 Å². The van der Waals surface area contributed by atoms with Gasteiger partial charge in [0.2, 0.25) is 11.8 Å². The van der Waals surface area contributed by atoms with E-state index in [0.29, 0.717) is 37.9 Å². The van der Waals surface area contributed by atoms with Crippen molar-refractivity contribution in [2.75, 3.05) is 26.2 Å². The van der Waals surface area contributed by atoms with Crippen molar-refractivity contribution in [3.8, 4) is 0 Å². The van der Waals surface area contributed by atoms with E-state index in [9.17, 15) is 18.8 Å². The smallest absolute Gasteiger partial charge is 0.253 e. The van der Waals surface area contributed by atoms with Gasteiger partial charge < -0.3 is 15.1 Å². The number of amides is 3. The molecule has 1 N–H and O–H groups in total. The summed E-state index contributed by atoms with van der Waals surface area (Å²) in [5.41, 5.74) is 0.338. The molecule has 170 valence electrons. The average molecular weight is 432 g/mol. The summed E-state index contributed by atoms with van der Waals surface area (Å²) in [4.78, 5) is 42.1. The quantitative estimate of drug-likeness (QED) is 0.752. The third-order valence-corrected chi connectivity index (χ3v) is 6.21. The summed E-state index contributed by atoms with van der Waals surface area (Å²) >= 11 is 0. The van der Waals surface area contributed by atoms with Crippen molar-refractivity contribution in [3.63, 3.8) is 0 Å². The molecule has 1 aromatic rings. The van der Waals surface area contributed by atoms with Gasteiger partial charge in [0.1, 0.15) is 11.9 Å². The highest BCUT2D eigenvalue weighted by atomic mass is 19.1. The van der Waals surface area contributed by atoms with Gasteiger partial charge in [0.05, 0.1) is 0 Å². The van der Waals surface area contributed by atoms with E-state index in [1.165, 1.54) is 18.2 Å². The van der Waals surface area contributed by atoms with Crippen LogP contribution in [-0.2, 0) is 9.59 Å². The summed E-state index contributed by atoms with van der Waals surface area (Å²) in [6, 6.07) is 5.18. The Bertz CT molecular complexity index is 784. The molecule has 1 atom stereocenters. The van der Waals surface area contributed by atoms with Crippen LogP contribution in [0.25, 0.3) is 0 Å². The minimum Gasteiger partial charge on any atom is -0.344 e. The SMILES string of the molecule is CC(C)CC(=O)N[C@@H](C(=O)N1CCCCC1)C1CCN(C(=O)c2cccc(F)c2)CC1. The van der Waals surface area contributed by atoms with Gasteiger partial charge in [0.15, 0.2) is 0 Å². The van der Waals surface area contributed by atoms with Gasteiger partial charge in [-0.3, -0.25) is 14.4 Å². The predicted molar refractivity (Wildman–Crippen MR) is 117 cm³/mol. The lowest BCUT2D eigenvalue weighted by atomic mass is 9.87. The molecule has 2 saturated heterocycles. The molecule has 31 heavy (non-hydrogen) atoms. The van der Waals surface area contributed by atoms with Crippen LogP contribution in [0.1, 0.15) is 62.7 Å². The Morgan fingerprint density at radius 1 is 1.03 bits per heavy atom. The van der Waals surface area contributed by atoms with Gasteiger partial charge in [-0.1, -0.05) is 19.9 Å². The summed E-state index contributed by atoms with van der Waals surface area (Å²) in [7, 11) is 0. The van der Waals surface area contributed by atoms with Gasteiger partial charge in [-0.05, 0) is 62.1 Å². The van der Waals surface area contributed by atoms with Gasteiger partial charge in [-0.2, -0.15) is 0 Å². The Balaban J connectivity index is 1.66. The second-order valence-corrected chi connectivity index (χ2v) is 9.17. The maximum absolute atomic E-state index is 13.5. The first kappa shape index (κ1) is 23.2. The van der Waals surface area contributed by atoms with Crippen molar-refractivity contribution >= 4 is 17.7 Å². The van der Waals surface area contributed by atoms with Crippen LogP contribution in [0.4, 0.5) is 4.39 Å². The standard InChI is InChI=1S/C24H34FN3O3/c1-17(2)15-21(29)26-22(24(31)27-11-4-3-5-12-27)18-9-13-28(14-10-18)23(30)19-7-6-8-20(25)16-19/h6-8,16-18,22H,3-5,9-15H2,1-2H3,(H,26,29)/t22-/m1/s1. The molecule has 3 rings (SSSR count). The highest BCUT2D eigenvalue weighted by Gasteiger charge is 2.36. The first-order valence-corrected chi connectivity index (χ1v) is 11.5. The van der Waals surface area contributed by atoms with E-state index >= 15 is 0 Å². The first-order valence-electron chi connectivity index (χ1n) is 11.5. The van der Waals surface area contributed by atoms with E-state index in [2.05, 4.69) is 5.32 Å². The van der Waals surface area contributed by atoms with E-state index in [-0.39, 0.29) is 29.6 Å². The lowest BCUT2D eigenvalue weighted by Gasteiger charge is -2.38. The fourth-order valence-electron chi connectivity index (χ4n) is 4.54. The zero-order valence-electron chi connectivity index (χ0n) is 18.6. The summed E-state index contributed by atoms with van der Waals surface area (Å²) in [5.74, 6) is -0.504. The van der Waals surface area contributed by atoms with Crippen molar-refractivity contribution in [1.82, 2.24) is 15.1 Å². The maximum Gasteiger partial charge on any atom is 0.253 e. The molecule has 2 heterocycles. The lowest BCUT2D eigenvalue weighted by molar-refractivity contribution is -0.139. The summed E-state index contributed by atoms with van der Waals surface area (Å²) in [5, 5.41) is 3.02. The molecule has 0 spiro atoms. The number of piperidine rings is 2. The number of carbonyl (C=O) groups is 3. The Labute approximate surface area is 184 Å². The van der Waals surface area contributed by atoms with Crippen LogP contribution in [0.15, 0.2) is 24.3 Å². The van der Waals surface area contributed by atoms with E-state index in [1.54, 1.807) is 11.0 Å².